The molecule has 0 spiro atoms. The minimum Gasteiger partial charge on any atom is -0.490 e. The van der Waals surface area contributed by atoms with Gasteiger partial charge in [-0.25, -0.2) is 14.0 Å². The molecule has 0 amide bonds. The fraction of sp³-hybridized carbons (Fsp3) is 0.0833. The van der Waals surface area contributed by atoms with Gasteiger partial charge in [0.1, 0.15) is 30.5 Å². The molecule has 0 saturated carbocycles. The van der Waals surface area contributed by atoms with Crippen molar-refractivity contribution in [2.45, 2.75) is 0 Å². The highest BCUT2D eigenvalue weighted by molar-refractivity contribution is 5.83. The summed E-state index contributed by atoms with van der Waals surface area (Å²) in [5.41, 5.74) is 1.30. The fourth-order valence-electron chi connectivity index (χ4n) is 2.61. The van der Waals surface area contributed by atoms with Crippen LogP contribution >= 0.6 is 0 Å². The largest absolute Gasteiger partial charge is 0.490 e. The van der Waals surface area contributed by atoms with E-state index in [-0.39, 0.29) is 19.0 Å². The number of hydrogen-bond donors (Lipinski definition) is 0. The second-order valence-electron chi connectivity index (χ2n) is 6.18. The molecule has 158 valence electrons. The van der Waals surface area contributed by atoms with E-state index in [2.05, 4.69) is 13.2 Å². The van der Waals surface area contributed by atoms with Crippen LogP contribution in [-0.4, -0.2) is 25.2 Å². The molecule has 0 radical (unpaired) electrons. The number of carbonyl (C=O) groups is 2. The molecule has 0 aliphatic heterocycles. The molecule has 0 unspecified atom stereocenters. The minimum absolute atomic E-state index is 0.121. The Balaban J connectivity index is 1.64. The van der Waals surface area contributed by atoms with E-state index in [0.29, 0.717) is 22.8 Å². The van der Waals surface area contributed by atoms with E-state index in [9.17, 15) is 14.0 Å². The molecule has 3 aromatic rings. The Morgan fingerprint density at radius 2 is 1.52 bits per heavy atom. The highest BCUT2D eigenvalue weighted by Gasteiger charge is 2.12. The van der Waals surface area contributed by atoms with Crippen LogP contribution in [0.1, 0.15) is 0 Å². The normalized spacial score (nSPS) is 10.2. The van der Waals surface area contributed by atoms with Crippen LogP contribution in [0.4, 0.5) is 4.39 Å². The molecule has 1 heterocycles. The Morgan fingerprint density at radius 3 is 2.16 bits per heavy atom. The van der Waals surface area contributed by atoms with Gasteiger partial charge < -0.3 is 18.6 Å². The first kappa shape index (κ1) is 21.6. The Hall–Kier alpha value is -4.13. The maximum atomic E-state index is 14.2. The molecule has 7 heteroatoms. The van der Waals surface area contributed by atoms with Gasteiger partial charge in [0.25, 0.3) is 0 Å². The first-order valence-corrected chi connectivity index (χ1v) is 9.26. The first-order valence-electron chi connectivity index (χ1n) is 9.26. The van der Waals surface area contributed by atoms with Gasteiger partial charge in [-0.2, -0.15) is 0 Å². The summed E-state index contributed by atoms with van der Waals surface area (Å²) >= 11 is 0. The summed E-state index contributed by atoms with van der Waals surface area (Å²) in [5.74, 6) is -0.459. The van der Waals surface area contributed by atoms with Crippen molar-refractivity contribution in [3.05, 3.63) is 85.7 Å². The summed E-state index contributed by atoms with van der Waals surface area (Å²) < 4.78 is 35.2. The Morgan fingerprint density at radius 1 is 0.871 bits per heavy atom. The summed E-state index contributed by atoms with van der Waals surface area (Å²) in [7, 11) is 0. The van der Waals surface area contributed by atoms with Crippen molar-refractivity contribution in [3.63, 3.8) is 0 Å². The lowest BCUT2D eigenvalue weighted by Gasteiger charge is -2.07. The predicted octanol–water partition coefficient (Wildman–Crippen LogP) is 4.95. The van der Waals surface area contributed by atoms with Crippen LogP contribution in [-0.2, 0) is 14.3 Å². The maximum Gasteiger partial charge on any atom is 0.335 e. The molecule has 0 saturated heterocycles. The molecular formula is C24H19FO6. The molecule has 1 aromatic heterocycles. The van der Waals surface area contributed by atoms with Crippen molar-refractivity contribution < 1.29 is 32.6 Å². The van der Waals surface area contributed by atoms with Gasteiger partial charge in [-0.3, -0.25) is 0 Å². The van der Waals surface area contributed by atoms with Crippen LogP contribution in [0.25, 0.3) is 22.6 Å². The van der Waals surface area contributed by atoms with Crippen LogP contribution in [0.5, 0.6) is 11.5 Å². The molecule has 0 N–H and O–H groups in total. The van der Waals surface area contributed by atoms with E-state index >= 15 is 0 Å². The number of rotatable bonds is 9. The van der Waals surface area contributed by atoms with Crippen LogP contribution in [0.2, 0.25) is 0 Å². The average Bonchev–Trinajstić information content (AvgIpc) is 3.28. The van der Waals surface area contributed by atoms with E-state index in [0.717, 1.165) is 17.7 Å². The van der Waals surface area contributed by atoms with E-state index in [1.807, 2.05) is 12.1 Å². The molecule has 3 rings (SSSR count). The Kier molecular flexibility index (Phi) is 7.01. The number of furan rings is 1. The first-order chi connectivity index (χ1) is 15.0. The van der Waals surface area contributed by atoms with Gasteiger partial charge in [-0.05, 0) is 54.6 Å². The van der Waals surface area contributed by atoms with Gasteiger partial charge in [-0.15, -0.1) is 0 Å². The second-order valence-corrected chi connectivity index (χ2v) is 6.18. The smallest absolute Gasteiger partial charge is 0.335 e. The SMILES string of the molecule is C=CC(=O)OCCOc1ccc(-c2ccc(-c3ccc(OC(=O)C=C)c(F)c3)o2)cc1. The fourth-order valence-corrected chi connectivity index (χ4v) is 2.61. The number of halogens is 1. The van der Waals surface area contributed by atoms with Crippen molar-refractivity contribution in [3.8, 4) is 34.1 Å². The highest BCUT2D eigenvalue weighted by atomic mass is 19.1. The maximum absolute atomic E-state index is 14.2. The molecule has 0 bridgehead atoms. The number of esters is 2. The number of hydrogen-bond acceptors (Lipinski definition) is 6. The molecular weight excluding hydrogens is 403 g/mol. The van der Waals surface area contributed by atoms with Gasteiger partial charge >= 0.3 is 11.9 Å². The van der Waals surface area contributed by atoms with Gasteiger partial charge in [0, 0.05) is 23.3 Å². The van der Waals surface area contributed by atoms with E-state index in [1.165, 1.54) is 12.1 Å². The molecule has 31 heavy (non-hydrogen) atoms. The van der Waals surface area contributed by atoms with Gasteiger partial charge in [0.15, 0.2) is 11.6 Å². The lowest BCUT2D eigenvalue weighted by atomic mass is 10.1. The predicted molar refractivity (Wildman–Crippen MR) is 112 cm³/mol. The van der Waals surface area contributed by atoms with E-state index in [1.54, 1.807) is 30.3 Å². The van der Waals surface area contributed by atoms with Crippen molar-refractivity contribution in [1.29, 1.82) is 0 Å². The third-order valence-electron chi connectivity index (χ3n) is 4.10. The Labute approximate surface area is 178 Å². The van der Waals surface area contributed by atoms with Crippen molar-refractivity contribution in [2.24, 2.45) is 0 Å². The summed E-state index contributed by atoms with van der Waals surface area (Å²) in [6.07, 6.45) is 2.05. The van der Waals surface area contributed by atoms with Crippen LogP contribution < -0.4 is 9.47 Å². The topological polar surface area (TPSA) is 75.0 Å². The zero-order valence-electron chi connectivity index (χ0n) is 16.5. The summed E-state index contributed by atoms with van der Waals surface area (Å²) in [6, 6.07) is 14.8. The lowest BCUT2D eigenvalue weighted by Crippen LogP contribution is -2.10. The van der Waals surface area contributed by atoms with E-state index < -0.39 is 17.8 Å². The monoisotopic (exact) mass is 422 g/mol. The molecule has 0 fully saturated rings. The zero-order valence-corrected chi connectivity index (χ0v) is 16.5. The summed E-state index contributed by atoms with van der Waals surface area (Å²) in [4.78, 5) is 22.2. The number of ether oxygens (including phenoxy) is 3. The molecule has 0 atom stereocenters. The third kappa shape index (κ3) is 5.70. The number of carbonyl (C=O) groups excluding carboxylic acids is 2. The quantitative estimate of drug-likeness (QED) is 0.210. The van der Waals surface area contributed by atoms with Crippen molar-refractivity contribution in [2.75, 3.05) is 13.2 Å². The standard InChI is InChI=1S/C24H19FO6/c1-3-23(26)29-14-13-28-18-8-5-16(6-9-18)20-11-12-21(30-20)17-7-10-22(19(25)15-17)31-24(27)4-2/h3-12,15H,1-2,13-14H2. The zero-order chi connectivity index (χ0) is 22.2. The number of benzene rings is 2. The summed E-state index contributed by atoms with van der Waals surface area (Å²) in [6.45, 7) is 6.93. The van der Waals surface area contributed by atoms with Crippen LogP contribution in [0, 0.1) is 5.82 Å². The second kappa shape index (κ2) is 10.1. The molecule has 2 aromatic carbocycles. The molecule has 0 aliphatic rings. The van der Waals surface area contributed by atoms with Gasteiger partial charge in [-0.1, -0.05) is 13.2 Å². The Bertz CT molecular complexity index is 1100. The van der Waals surface area contributed by atoms with E-state index in [4.69, 9.17) is 18.6 Å². The highest BCUT2D eigenvalue weighted by Crippen LogP contribution is 2.31. The average molecular weight is 422 g/mol. The molecule has 6 nitrogen and oxygen atoms in total. The lowest BCUT2D eigenvalue weighted by molar-refractivity contribution is -0.138. The van der Waals surface area contributed by atoms with Crippen molar-refractivity contribution in [1.82, 2.24) is 0 Å². The molecule has 0 aliphatic carbocycles. The van der Waals surface area contributed by atoms with Gasteiger partial charge in [0.2, 0.25) is 0 Å². The van der Waals surface area contributed by atoms with Crippen LogP contribution in [0.15, 0.2) is 84.3 Å². The van der Waals surface area contributed by atoms with Crippen molar-refractivity contribution >= 4 is 11.9 Å². The summed E-state index contributed by atoms with van der Waals surface area (Å²) in [5, 5.41) is 0. The van der Waals surface area contributed by atoms with Gasteiger partial charge in [0.05, 0.1) is 0 Å². The minimum atomic E-state index is -0.739. The van der Waals surface area contributed by atoms with Crippen LogP contribution in [0.3, 0.4) is 0 Å². The third-order valence-corrected chi connectivity index (χ3v) is 4.10.